The van der Waals surface area contributed by atoms with Gasteiger partial charge in [0, 0.05) is 30.3 Å². The van der Waals surface area contributed by atoms with E-state index in [-0.39, 0.29) is 17.2 Å². The molecule has 0 radical (unpaired) electrons. The molecule has 5 rings (SSSR count). The summed E-state index contributed by atoms with van der Waals surface area (Å²) in [6, 6.07) is 8.68. The first-order valence-electron chi connectivity index (χ1n) is 9.70. The number of carbonyl (C=O) groups excluding carboxylic acids is 1. The average molecular weight is 369 g/mol. The Morgan fingerprint density at radius 2 is 2.23 bits per heavy atom. The van der Waals surface area contributed by atoms with Gasteiger partial charge in [0.15, 0.2) is 4.77 Å². The third-order valence-corrected chi connectivity index (χ3v) is 6.69. The molecular formula is C20H24N4OS. The first-order valence-corrected chi connectivity index (χ1v) is 10.1. The fourth-order valence-corrected chi connectivity index (χ4v) is 5.02. The molecule has 2 saturated carbocycles. The van der Waals surface area contributed by atoms with Gasteiger partial charge in [-0.2, -0.15) is 5.10 Å². The van der Waals surface area contributed by atoms with Crippen LogP contribution in [0.2, 0.25) is 0 Å². The molecule has 2 N–H and O–H groups in total. The Labute approximate surface area is 158 Å². The molecule has 1 spiro atoms. The molecule has 0 unspecified atom stereocenters. The van der Waals surface area contributed by atoms with E-state index in [0.29, 0.717) is 23.8 Å². The van der Waals surface area contributed by atoms with Crippen LogP contribution in [0.25, 0.3) is 0 Å². The van der Waals surface area contributed by atoms with Gasteiger partial charge in [-0.1, -0.05) is 24.3 Å². The van der Waals surface area contributed by atoms with Gasteiger partial charge in [0.05, 0.1) is 0 Å². The summed E-state index contributed by atoms with van der Waals surface area (Å²) in [5.74, 6) is 1.92. The van der Waals surface area contributed by atoms with Crippen molar-refractivity contribution in [2.45, 2.75) is 56.4 Å². The highest BCUT2D eigenvalue weighted by molar-refractivity contribution is 7.71. The summed E-state index contributed by atoms with van der Waals surface area (Å²) in [4.78, 5) is 12.8. The van der Waals surface area contributed by atoms with E-state index in [1.54, 1.807) is 0 Å². The normalized spacial score (nSPS) is 26.5. The van der Waals surface area contributed by atoms with Gasteiger partial charge in [-0.3, -0.25) is 9.89 Å². The molecule has 0 bridgehead atoms. The van der Waals surface area contributed by atoms with Gasteiger partial charge >= 0.3 is 0 Å². The summed E-state index contributed by atoms with van der Waals surface area (Å²) in [5.41, 5.74) is 2.96. The summed E-state index contributed by atoms with van der Waals surface area (Å²) in [6.45, 7) is 1.31. The molecule has 2 atom stereocenters. The SMILES string of the molecule is O=C(NCCn1c(C2CC2)n[nH]c1=S)[C@H]1C[C@@]12CCCc1ccccc12. The number of nitrogens with zero attached hydrogens (tertiary/aromatic N) is 2. The minimum Gasteiger partial charge on any atom is -0.354 e. The third-order valence-electron chi connectivity index (χ3n) is 6.38. The van der Waals surface area contributed by atoms with E-state index in [1.807, 2.05) is 4.57 Å². The molecule has 6 heteroatoms. The maximum absolute atomic E-state index is 12.8. The minimum absolute atomic E-state index is 0.101. The number of nitrogens with one attached hydrogen (secondary N) is 2. The molecular weight excluding hydrogens is 344 g/mol. The molecule has 0 saturated heterocycles. The van der Waals surface area contributed by atoms with Crippen molar-refractivity contribution in [1.29, 1.82) is 0 Å². The van der Waals surface area contributed by atoms with Gasteiger partial charge in [-0.05, 0) is 61.9 Å². The average Bonchev–Trinajstić information content (AvgIpc) is 3.57. The number of aromatic nitrogens is 3. The number of benzene rings is 1. The largest absolute Gasteiger partial charge is 0.354 e. The zero-order valence-electron chi connectivity index (χ0n) is 14.8. The Kier molecular flexibility index (Phi) is 3.78. The number of aromatic amines is 1. The lowest BCUT2D eigenvalue weighted by Crippen LogP contribution is -2.32. The second kappa shape index (κ2) is 6.05. The Bertz CT molecular complexity index is 913. The fraction of sp³-hybridized carbons (Fsp3) is 0.550. The Morgan fingerprint density at radius 1 is 1.38 bits per heavy atom. The predicted octanol–water partition coefficient (Wildman–Crippen LogP) is 3.23. The molecule has 0 aliphatic heterocycles. The van der Waals surface area contributed by atoms with Crippen LogP contribution in [0.1, 0.15) is 55.0 Å². The van der Waals surface area contributed by atoms with E-state index >= 15 is 0 Å². The van der Waals surface area contributed by atoms with Gasteiger partial charge in [-0.25, -0.2) is 0 Å². The highest BCUT2D eigenvalue weighted by atomic mass is 32.1. The van der Waals surface area contributed by atoms with Gasteiger partial charge in [-0.15, -0.1) is 0 Å². The molecule has 2 fully saturated rings. The standard InChI is InChI=1S/C20H24N4OS/c25-18(21-10-11-24-17(14-7-8-14)22-23-19(24)26)16-12-20(16)9-3-5-13-4-1-2-6-15(13)20/h1-2,4,6,14,16H,3,5,7-12H2,(H,21,25)(H,23,26)/t16-,20-/m1/s1. The van der Waals surface area contributed by atoms with Crippen molar-refractivity contribution in [3.05, 3.63) is 46.0 Å². The highest BCUT2D eigenvalue weighted by Crippen LogP contribution is 2.60. The van der Waals surface area contributed by atoms with E-state index < -0.39 is 0 Å². The molecule has 3 aliphatic carbocycles. The van der Waals surface area contributed by atoms with E-state index in [9.17, 15) is 4.79 Å². The topological polar surface area (TPSA) is 62.7 Å². The van der Waals surface area contributed by atoms with E-state index in [1.165, 1.54) is 30.4 Å². The molecule has 1 amide bonds. The zero-order chi connectivity index (χ0) is 17.7. The van der Waals surface area contributed by atoms with E-state index in [0.717, 1.165) is 25.1 Å². The van der Waals surface area contributed by atoms with Crippen molar-refractivity contribution in [1.82, 2.24) is 20.1 Å². The lowest BCUT2D eigenvalue weighted by atomic mass is 9.78. The summed E-state index contributed by atoms with van der Waals surface area (Å²) in [6.07, 6.45) is 6.85. The number of hydrogen-bond donors (Lipinski definition) is 2. The molecule has 1 aromatic heterocycles. The Morgan fingerprint density at radius 3 is 3.08 bits per heavy atom. The molecule has 3 aliphatic rings. The smallest absolute Gasteiger partial charge is 0.224 e. The number of rotatable bonds is 5. The number of amides is 1. The lowest BCUT2D eigenvalue weighted by Gasteiger charge is -2.26. The van der Waals surface area contributed by atoms with Crippen LogP contribution in [0.3, 0.4) is 0 Å². The second-order valence-electron chi connectivity index (χ2n) is 8.03. The van der Waals surface area contributed by atoms with E-state index in [2.05, 4.69) is 39.8 Å². The van der Waals surface area contributed by atoms with Crippen molar-refractivity contribution < 1.29 is 4.79 Å². The van der Waals surface area contributed by atoms with Crippen LogP contribution in [0.15, 0.2) is 24.3 Å². The molecule has 1 aromatic carbocycles. The van der Waals surface area contributed by atoms with Crippen LogP contribution >= 0.6 is 12.2 Å². The Balaban J connectivity index is 1.23. The van der Waals surface area contributed by atoms with Crippen molar-refractivity contribution >= 4 is 18.1 Å². The van der Waals surface area contributed by atoms with Gasteiger partial charge in [0.1, 0.15) is 5.82 Å². The lowest BCUT2D eigenvalue weighted by molar-refractivity contribution is -0.122. The highest BCUT2D eigenvalue weighted by Gasteiger charge is 2.59. The molecule has 136 valence electrons. The summed E-state index contributed by atoms with van der Waals surface area (Å²) in [5, 5.41) is 10.4. The summed E-state index contributed by atoms with van der Waals surface area (Å²) >= 11 is 5.34. The van der Waals surface area contributed by atoms with Crippen LogP contribution in [-0.4, -0.2) is 27.2 Å². The van der Waals surface area contributed by atoms with Crippen LogP contribution in [0.5, 0.6) is 0 Å². The van der Waals surface area contributed by atoms with Crippen LogP contribution in [0.4, 0.5) is 0 Å². The van der Waals surface area contributed by atoms with Gasteiger partial charge in [0.25, 0.3) is 0 Å². The van der Waals surface area contributed by atoms with Crippen molar-refractivity contribution in [2.75, 3.05) is 6.54 Å². The van der Waals surface area contributed by atoms with Crippen LogP contribution in [0, 0.1) is 10.7 Å². The maximum Gasteiger partial charge on any atom is 0.224 e. The molecule has 26 heavy (non-hydrogen) atoms. The van der Waals surface area contributed by atoms with Crippen molar-refractivity contribution in [2.24, 2.45) is 5.92 Å². The zero-order valence-corrected chi connectivity index (χ0v) is 15.6. The predicted molar refractivity (Wildman–Crippen MR) is 102 cm³/mol. The number of carbonyl (C=O) groups is 1. The first kappa shape index (κ1) is 16.2. The summed E-state index contributed by atoms with van der Waals surface area (Å²) < 4.78 is 2.71. The number of fused-ring (bicyclic) bond motifs is 2. The quantitative estimate of drug-likeness (QED) is 0.797. The molecule has 5 nitrogen and oxygen atoms in total. The number of aryl methyl sites for hydroxylation is 1. The molecule has 2 aromatic rings. The van der Waals surface area contributed by atoms with Crippen LogP contribution in [-0.2, 0) is 23.2 Å². The first-order chi connectivity index (χ1) is 12.7. The maximum atomic E-state index is 12.8. The Hall–Kier alpha value is -1.95. The second-order valence-corrected chi connectivity index (χ2v) is 8.41. The van der Waals surface area contributed by atoms with Crippen molar-refractivity contribution in [3.63, 3.8) is 0 Å². The summed E-state index contributed by atoms with van der Waals surface area (Å²) in [7, 11) is 0. The third kappa shape index (κ3) is 2.62. The van der Waals surface area contributed by atoms with Gasteiger partial charge in [0.2, 0.25) is 5.91 Å². The number of H-pyrrole nitrogens is 1. The minimum atomic E-state index is 0.101. The number of hydrogen-bond acceptors (Lipinski definition) is 3. The van der Waals surface area contributed by atoms with Crippen molar-refractivity contribution in [3.8, 4) is 0 Å². The van der Waals surface area contributed by atoms with Crippen LogP contribution < -0.4 is 5.32 Å². The fourth-order valence-electron chi connectivity index (χ4n) is 4.79. The monoisotopic (exact) mass is 368 g/mol. The van der Waals surface area contributed by atoms with E-state index in [4.69, 9.17) is 12.2 Å². The van der Waals surface area contributed by atoms with Gasteiger partial charge < -0.3 is 9.88 Å². The molecule has 1 heterocycles.